The van der Waals surface area contributed by atoms with Crippen LogP contribution in [-0.2, 0) is 29.0 Å². The van der Waals surface area contributed by atoms with Gasteiger partial charge in [0.05, 0.1) is 6.42 Å². The Bertz CT molecular complexity index is 1040. The van der Waals surface area contributed by atoms with Crippen molar-refractivity contribution in [3.05, 3.63) is 106 Å². The molecule has 4 nitrogen and oxygen atoms in total. The van der Waals surface area contributed by atoms with Gasteiger partial charge in [-0.3, -0.25) is 9.59 Å². The van der Waals surface area contributed by atoms with E-state index in [9.17, 15) is 14.0 Å². The molecule has 0 bridgehead atoms. The number of carbonyl (C=O) groups excluding carboxylic acids is 2. The van der Waals surface area contributed by atoms with E-state index in [0.29, 0.717) is 17.0 Å². The van der Waals surface area contributed by atoms with Crippen molar-refractivity contribution in [3.8, 4) is 0 Å². The normalized spacial score (nSPS) is 11.6. The molecule has 0 saturated heterocycles. The van der Waals surface area contributed by atoms with Crippen LogP contribution < -0.4 is 5.32 Å². The molecule has 0 fully saturated rings. The Labute approximate surface area is 186 Å². The molecule has 1 N–H and O–H groups in total. The zero-order valence-corrected chi connectivity index (χ0v) is 18.0. The standard InChI is InChI=1S/C25H24ClFN2O2/c1-28-25(31)23(15-18-9-3-2-4-10-18)29(17-20-12-5-7-13-21(20)26)24(30)16-19-11-6-8-14-22(19)27/h2-14,23H,15-17H2,1H3,(H,28,31)/t23-/m1/s1. The second-order valence-corrected chi connectivity index (χ2v) is 7.61. The van der Waals surface area contributed by atoms with Gasteiger partial charge in [0.25, 0.3) is 0 Å². The second-order valence-electron chi connectivity index (χ2n) is 7.20. The summed E-state index contributed by atoms with van der Waals surface area (Å²) in [6, 6.07) is 22.0. The fraction of sp³-hybridized carbons (Fsp3) is 0.200. The first kappa shape index (κ1) is 22.5. The Kier molecular flexibility index (Phi) is 7.79. The number of likely N-dealkylation sites (N-methyl/N-ethyl adjacent to an activating group) is 1. The third-order valence-corrected chi connectivity index (χ3v) is 5.48. The maximum Gasteiger partial charge on any atom is 0.242 e. The largest absolute Gasteiger partial charge is 0.357 e. The fourth-order valence-corrected chi connectivity index (χ4v) is 3.63. The van der Waals surface area contributed by atoms with Crippen LogP contribution in [0.2, 0.25) is 5.02 Å². The molecule has 0 aliphatic rings. The van der Waals surface area contributed by atoms with Crippen LogP contribution in [0.5, 0.6) is 0 Å². The minimum atomic E-state index is -0.775. The lowest BCUT2D eigenvalue weighted by atomic mass is 10.0. The first-order valence-electron chi connectivity index (χ1n) is 10.0. The Balaban J connectivity index is 1.97. The third-order valence-electron chi connectivity index (χ3n) is 5.12. The van der Waals surface area contributed by atoms with Gasteiger partial charge in [0.1, 0.15) is 11.9 Å². The minimum absolute atomic E-state index is 0.137. The number of nitrogens with zero attached hydrogens (tertiary/aromatic N) is 1. The van der Waals surface area contributed by atoms with E-state index in [0.717, 1.165) is 5.56 Å². The molecule has 0 spiro atoms. The number of nitrogens with one attached hydrogen (secondary N) is 1. The summed E-state index contributed by atoms with van der Waals surface area (Å²) in [5.41, 5.74) is 1.92. The van der Waals surface area contributed by atoms with E-state index in [4.69, 9.17) is 11.6 Å². The number of rotatable bonds is 8. The highest BCUT2D eigenvalue weighted by molar-refractivity contribution is 6.31. The smallest absolute Gasteiger partial charge is 0.242 e. The summed E-state index contributed by atoms with van der Waals surface area (Å²) in [6.45, 7) is 0.137. The number of hydrogen-bond donors (Lipinski definition) is 1. The highest BCUT2D eigenvalue weighted by Crippen LogP contribution is 2.21. The van der Waals surface area contributed by atoms with E-state index in [-0.39, 0.29) is 30.3 Å². The maximum atomic E-state index is 14.2. The lowest BCUT2D eigenvalue weighted by molar-refractivity contribution is -0.140. The van der Waals surface area contributed by atoms with Crippen molar-refractivity contribution >= 4 is 23.4 Å². The Morgan fingerprint density at radius 3 is 2.19 bits per heavy atom. The van der Waals surface area contributed by atoms with Crippen LogP contribution in [0.15, 0.2) is 78.9 Å². The molecule has 3 aromatic carbocycles. The summed E-state index contributed by atoms with van der Waals surface area (Å²) >= 11 is 6.34. The first-order chi connectivity index (χ1) is 15.0. The summed E-state index contributed by atoms with van der Waals surface area (Å²) in [4.78, 5) is 27.7. The van der Waals surface area contributed by atoms with E-state index in [1.165, 1.54) is 18.0 Å². The zero-order valence-electron chi connectivity index (χ0n) is 17.2. The molecule has 0 radical (unpaired) electrons. The molecule has 1 atom stereocenters. The molecule has 0 aromatic heterocycles. The Hall–Kier alpha value is -3.18. The van der Waals surface area contributed by atoms with Crippen LogP contribution in [-0.4, -0.2) is 29.8 Å². The Morgan fingerprint density at radius 2 is 1.55 bits per heavy atom. The molecule has 2 amide bonds. The monoisotopic (exact) mass is 438 g/mol. The van der Waals surface area contributed by atoms with E-state index < -0.39 is 11.9 Å². The zero-order chi connectivity index (χ0) is 22.2. The molecular formula is C25H24ClFN2O2. The van der Waals surface area contributed by atoms with Gasteiger partial charge in [-0.25, -0.2) is 4.39 Å². The highest BCUT2D eigenvalue weighted by atomic mass is 35.5. The van der Waals surface area contributed by atoms with Gasteiger partial charge in [-0.05, 0) is 28.8 Å². The molecular weight excluding hydrogens is 415 g/mol. The molecule has 31 heavy (non-hydrogen) atoms. The van der Waals surface area contributed by atoms with Gasteiger partial charge in [0.2, 0.25) is 11.8 Å². The molecule has 0 unspecified atom stereocenters. The van der Waals surface area contributed by atoms with Gasteiger partial charge in [0, 0.05) is 25.0 Å². The van der Waals surface area contributed by atoms with Crippen molar-refractivity contribution in [1.29, 1.82) is 0 Å². The number of halogens is 2. The molecule has 0 aliphatic carbocycles. The van der Waals surface area contributed by atoms with Crippen molar-refractivity contribution in [2.45, 2.75) is 25.4 Å². The quantitative estimate of drug-likeness (QED) is 0.566. The van der Waals surface area contributed by atoms with Crippen LogP contribution in [0.3, 0.4) is 0 Å². The average Bonchev–Trinajstić information content (AvgIpc) is 2.79. The van der Waals surface area contributed by atoms with Crippen molar-refractivity contribution in [1.82, 2.24) is 10.2 Å². The van der Waals surface area contributed by atoms with Crippen LogP contribution in [0.25, 0.3) is 0 Å². The van der Waals surface area contributed by atoms with E-state index in [2.05, 4.69) is 5.32 Å². The highest BCUT2D eigenvalue weighted by Gasteiger charge is 2.30. The summed E-state index contributed by atoms with van der Waals surface area (Å²) in [7, 11) is 1.54. The van der Waals surface area contributed by atoms with E-state index in [1.54, 1.807) is 30.3 Å². The third kappa shape index (κ3) is 5.92. The SMILES string of the molecule is CNC(=O)[C@@H](Cc1ccccc1)N(Cc1ccccc1Cl)C(=O)Cc1ccccc1F. The van der Waals surface area contributed by atoms with Crippen molar-refractivity contribution in [3.63, 3.8) is 0 Å². The molecule has 160 valence electrons. The minimum Gasteiger partial charge on any atom is -0.357 e. The lowest BCUT2D eigenvalue weighted by Crippen LogP contribution is -2.50. The fourth-order valence-electron chi connectivity index (χ4n) is 3.44. The molecule has 0 saturated carbocycles. The summed E-state index contributed by atoms with van der Waals surface area (Å²) < 4.78 is 14.2. The topological polar surface area (TPSA) is 49.4 Å². The van der Waals surface area contributed by atoms with Crippen LogP contribution in [0.1, 0.15) is 16.7 Å². The lowest BCUT2D eigenvalue weighted by Gasteiger charge is -2.31. The average molecular weight is 439 g/mol. The van der Waals surface area contributed by atoms with Crippen molar-refractivity contribution in [2.75, 3.05) is 7.05 Å². The summed E-state index contributed by atoms with van der Waals surface area (Å²) in [5.74, 6) is -1.10. The molecule has 0 aliphatic heterocycles. The number of carbonyl (C=O) groups is 2. The predicted molar refractivity (Wildman–Crippen MR) is 120 cm³/mol. The molecule has 6 heteroatoms. The van der Waals surface area contributed by atoms with Crippen LogP contribution in [0.4, 0.5) is 4.39 Å². The molecule has 3 aromatic rings. The predicted octanol–water partition coefficient (Wildman–Crippen LogP) is 4.41. The van der Waals surface area contributed by atoms with E-state index in [1.807, 2.05) is 42.5 Å². The second kappa shape index (κ2) is 10.7. The van der Waals surface area contributed by atoms with Crippen LogP contribution >= 0.6 is 11.6 Å². The summed E-state index contributed by atoms with van der Waals surface area (Å²) in [5, 5.41) is 3.16. The maximum absolute atomic E-state index is 14.2. The Morgan fingerprint density at radius 1 is 0.935 bits per heavy atom. The van der Waals surface area contributed by atoms with E-state index >= 15 is 0 Å². The number of benzene rings is 3. The van der Waals surface area contributed by atoms with Crippen molar-refractivity contribution < 1.29 is 14.0 Å². The molecule has 0 heterocycles. The van der Waals surface area contributed by atoms with Crippen molar-refractivity contribution in [2.24, 2.45) is 0 Å². The van der Waals surface area contributed by atoms with Gasteiger partial charge in [-0.15, -0.1) is 0 Å². The number of hydrogen-bond acceptors (Lipinski definition) is 2. The van der Waals surface area contributed by atoms with Gasteiger partial charge in [-0.2, -0.15) is 0 Å². The first-order valence-corrected chi connectivity index (χ1v) is 10.4. The van der Waals surface area contributed by atoms with Gasteiger partial charge >= 0.3 is 0 Å². The van der Waals surface area contributed by atoms with Gasteiger partial charge < -0.3 is 10.2 Å². The molecule has 3 rings (SSSR count). The summed E-state index contributed by atoms with van der Waals surface area (Å²) in [6.07, 6.45) is 0.174. The van der Waals surface area contributed by atoms with Gasteiger partial charge in [0.15, 0.2) is 0 Å². The van der Waals surface area contributed by atoms with Crippen LogP contribution in [0, 0.1) is 5.82 Å². The number of amides is 2. The van der Waals surface area contributed by atoms with Gasteiger partial charge in [-0.1, -0.05) is 78.3 Å².